The van der Waals surface area contributed by atoms with Crippen molar-refractivity contribution >= 4 is 12.1 Å². The maximum atomic E-state index is 12.0. The molecule has 1 saturated carbocycles. The van der Waals surface area contributed by atoms with Gasteiger partial charge in [0.25, 0.3) is 0 Å². The molecule has 1 amide bonds. The highest BCUT2D eigenvalue weighted by atomic mass is 16.6. The Kier molecular flexibility index (Phi) is 3.74. The van der Waals surface area contributed by atoms with Crippen LogP contribution in [0, 0.1) is 17.8 Å². The molecule has 2 unspecified atom stereocenters. The molecule has 2 rings (SSSR count). The van der Waals surface area contributed by atoms with Crippen molar-refractivity contribution in [2.24, 2.45) is 17.8 Å². The van der Waals surface area contributed by atoms with Crippen molar-refractivity contribution in [3.05, 3.63) is 0 Å². The molecule has 19 heavy (non-hydrogen) atoms. The maximum absolute atomic E-state index is 12.0. The number of hydrogen-bond acceptors (Lipinski definition) is 3. The molecular formula is C14H23NO4. The topological polar surface area (TPSA) is 66.8 Å². The highest BCUT2D eigenvalue weighted by Crippen LogP contribution is 2.43. The minimum Gasteiger partial charge on any atom is -0.481 e. The third-order valence-electron chi connectivity index (χ3n) is 4.09. The van der Waals surface area contributed by atoms with E-state index in [0.717, 1.165) is 12.8 Å². The molecule has 0 aromatic rings. The SMILES string of the molecule is CC(C)(C)OC(=O)N1CC2CCC(C1)C2CC(=O)O. The number of rotatable bonds is 2. The second kappa shape index (κ2) is 5.02. The number of carboxylic acid groups (broad SMARTS) is 1. The normalized spacial score (nSPS) is 30.3. The van der Waals surface area contributed by atoms with Crippen molar-refractivity contribution in [1.82, 2.24) is 4.90 Å². The lowest BCUT2D eigenvalue weighted by molar-refractivity contribution is -0.139. The highest BCUT2D eigenvalue weighted by molar-refractivity contribution is 5.69. The van der Waals surface area contributed by atoms with Gasteiger partial charge in [-0.2, -0.15) is 0 Å². The van der Waals surface area contributed by atoms with E-state index < -0.39 is 11.6 Å². The molecule has 108 valence electrons. The number of fused-ring (bicyclic) bond motifs is 2. The summed E-state index contributed by atoms with van der Waals surface area (Å²) in [6, 6.07) is 0. The van der Waals surface area contributed by atoms with Gasteiger partial charge in [0.1, 0.15) is 5.60 Å². The summed E-state index contributed by atoms with van der Waals surface area (Å²) in [5.74, 6) is 0.147. The van der Waals surface area contributed by atoms with Crippen LogP contribution in [-0.4, -0.2) is 40.8 Å². The Labute approximate surface area is 113 Å². The van der Waals surface area contributed by atoms with Gasteiger partial charge < -0.3 is 14.7 Å². The monoisotopic (exact) mass is 269 g/mol. The van der Waals surface area contributed by atoms with E-state index in [1.807, 2.05) is 20.8 Å². The zero-order valence-electron chi connectivity index (χ0n) is 11.9. The Morgan fingerprint density at radius 1 is 1.21 bits per heavy atom. The van der Waals surface area contributed by atoms with E-state index in [1.54, 1.807) is 4.90 Å². The first-order valence-electron chi connectivity index (χ1n) is 6.96. The van der Waals surface area contributed by atoms with Crippen LogP contribution < -0.4 is 0 Å². The van der Waals surface area contributed by atoms with Crippen molar-refractivity contribution in [2.75, 3.05) is 13.1 Å². The number of carbonyl (C=O) groups is 2. The summed E-state index contributed by atoms with van der Waals surface area (Å²) in [6.45, 7) is 6.86. The van der Waals surface area contributed by atoms with E-state index in [2.05, 4.69) is 0 Å². The zero-order valence-corrected chi connectivity index (χ0v) is 11.9. The summed E-state index contributed by atoms with van der Waals surface area (Å²) in [5.41, 5.74) is -0.478. The zero-order chi connectivity index (χ0) is 14.2. The summed E-state index contributed by atoms with van der Waals surface area (Å²) in [7, 11) is 0. The van der Waals surface area contributed by atoms with Crippen molar-refractivity contribution in [3.8, 4) is 0 Å². The molecule has 5 nitrogen and oxygen atoms in total. The molecule has 2 bridgehead atoms. The molecule has 5 heteroatoms. The second-order valence-corrected chi connectivity index (χ2v) is 6.74. The molecule has 0 aromatic carbocycles. The number of aliphatic carboxylic acids is 1. The molecule has 0 radical (unpaired) electrons. The lowest BCUT2D eigenvalue weighted by atomic mass is 9.83. The predicted octanol–water partition coefficient (Wildman–Crippen LogP) is 2.35. The van der Waals surface area contributed by atoms with E-state index in [0.29, 0.717) is 24.9 Å². The van der Waals surface area contributed by atoms with Crippen LogP contribution in [0.4, 0.5) is 4.79 Å². The number of carboxylic acids is 1. The van der Waals surface area contributed by atoms with E-state index >= 15 is 0 Å². The van der Waals surface area contributed by atoms with Crippen molar-refractivity contribution in [2.45, 2.75) is 45.6 Å². The lowest BCUT2D eigenvalue weighted by Gasteiger charge is -2.38. The summed E-state index contributed by atoms with van der Waals surface area (Å²) in [5, 5.41) is 8.95. The van der Waals surface area contributed by atoms with Crippen LogP contribution in [-0.2, 0) is 9.53 Å². The van der Waals surface area contributed by atoms with Gasteiger partial charge in [-0.25, -0.2) is 4.79 Å². The quantitative estimate of drug-likeness (QED) is 0.835. The Morgan fingerprint density at radius 3 is 2.16 bits per heavy atom. The fourth-order valence-electron chi connectivity index (χ4n) is 3.35. The van der Waals surface area contributed by atoms with E-state index in [-0.39, 0.29) is 18.4 Å². The van der Waals surface area contributed by atoms with Crippen LogP contribution in [0.3, 0.4) is 0 Å². The number of likely N-dealkylation sites (tertiary alicyclic amines) is 1. The number of hydrogen-bond donors (Lipinski definition) is 1. The number of piperidine rings is 1. The minimum atomic E-state index is -0.729. The summed E-state index contributed by atoms with van der Waals surface area (Å²) < 4.78 is 5.39. The fourth-order valence-corrected chi connectivity index (χ4v) is 3.35. The smallest absolute Gasteiger partial charge is 0.410 e. The molecule has 1 N–H and O–H groups in total. The van der Waals surface area contributed by atoms with Gasteiger partial charge in [-0.3, -0.25) is 4.79 Å². The van der Waals surface area contributed by atoms with Crippen LogP contribution in [0.2, 0.25) is 0 Å². The van der Waals surface area contributed by atoms with Crippen molar-refractivity contribution in [3.63, 3.8) is 0 Å². The Hall–Kier alpha value is -1.26. The van der Waals surface area contributed by atoms with Gasteiger partial charge in [0.15, 0.2) is 0 Å². The summed E-state index contributed by atoms with van der Waals surface area (Å²) >= 11 is 0. The summed E-state index contributed by atoms with van der Waals surface area (Å²) in [4.78, 5) is 24.7. The third-order valence-corrected chi connectivity index (χ3v) is 4.09. The first-order valence-corrected chi connectivity index (χ1v) is 6.96. The van der Waals surface area contributed by atoms with Crippen LogP contribution in [0.15, 0.2) is 0 Å². The fraction of sp³-hybridized carbons (Fsp3) is 0.857. The maximum Gasteiger partial charge on any atom is 0.410 e. The highest BCUT2D eigenvalue weighted by Gasteiger charge is 2.44. The molecule has 2 aliphatic rings. The van der Waals surface area contributed by atoms with Crippen LogP contribution in [0.1, 0.15) is 40.0 Å². The first kappa shape index (κ1) is 14.2. The molecule has 2 atom stereocenters. The van der Waals surface area contributed by atoms with Gasteiger partial charge in [-0.15, -0.1) is 0 Å². The second-order valence-electron chi connectivity index (χ2n) is 6.74. The lowest BCUT2D eigenvalue weighted by Crippen LogP contribution is -2.47. The average molecular weight is 269 g/mol. The van der Waals surface area contributed by atoms with E-state index in [1.165, 1.54) is 0 Å². The first-order chi connectivity index (χ1) is 8.76. The number of amides is 1. The van der Waals surface area contributed by atoms with Gasteiger partial charge >= 0.3 is 12.1 Å². The Morgan fingerprint density at radius 2 is 1.74 bits per heavy atom. The minimum absolute atomic E-state index is 0.233. The predicted molar refractivity (Wildman–Crippen MR) is 69.8 cm³/mol. The summed E-state index contributed by atoms with van der Waals surface area (Å²) in [6.07, 6.45) is 2.03. The molecule has 1 heterocycles. The average Bonchev–Trinajstić information content (AvgIpc) is 2.48. The van der Waals surface area contributed by atoms with Crippen LogP contribution in [0.5, 0.6) is 0 Å². The van der Waals surface area contributed by atoms with Crippen LogP contribution in [0.25, 0.3) is 0 Å². The van der Waals surface area contributed by atoms with Gasteiger partial charge in [0.2, 0.25) is 0 Å². The largest absolute Gasteiger partial charge is 0.481 e. The van der Waals surface area contributed by atoms with Crippen LogP contribution >= 0.6 is 0 Å². The molecule has 0 spiro atoms. The molecule has 1 saturated heterocycles. The molecule has 1 aliphatic heterocycles. The van der Waals surface area contributed by atoms with E-state index in [4.69, 9.17) is 9.84 Å². The molecule has 2 fully saturated rings. The van der Waals surface area contributed by atoms with Gasteiger partial charge in [0, 0.05) is 19.5 Å². The number of nitrogens with zero attached hydrogens (tertiary/aromatic N) is 1. The number of ether oxygens (including phenoxy) is 1. The van der Waals surface area contributed by atoms with Crippen molar-refractivity contribution < 1.29 is 19.4 Å². The van der Waals surface area contributed by atoms with Gasteiger partial charge in [-0.05, 0) is 51.4 Å². The number of carbonyl (C=O) groups excluding carboxylic acids is 1. The Balaban J connectivity index is 1.96. The standard InChI is InChI=1S/C14H23NO4/c1-14(2,3)19-13(18)15-7-9-4-5-10(8-15)11(9)6-12(16)17/h9-11H,4-8H2,1-3H3,(H,16,17). The molecule has 0 aromatic heterocycles. The Bertz CT molecular complexity index is 360. The van der Waals surface area contributed by atoms with Gasteiger partial charge in [-0.1, -0.05) is 0 Å². The van der Waals surface area contributed by atoms with Gasteiger partial charge in [0.05, 0.1) is 0 Å². The van der Waals surface area contributed by atoms with Crippen molar-refractivity contribution in [1.29, 1.82) is 0 Å². The molecule has 1 aliphatic carbocycles. The molecular weight excluding hydrogens is 246 g/mol. The van der Waals surface area contributed by atoms with E-state index in [9.17, 15) is 9.59 Å². The third kappa shape index (κ3) is 3.39.